The number of nitrogens with one attached hydrogen (secondary N) is 1. The fourth-order valence-electron chi connectivity index (χ4n) is 1.94. The summed E-state index contributed by atoms with van der Waals surface area (Å²) in [4.78, 5) is 11.6. The molecule has 1 aliphatic rings. The van der Waals surface area contributed by atoms with E-state index in [0.29, 0.717) is 12.5 Å². The predicted molar refractivity (Wildman–Crippen MR) is 60.2 cm³/mol. The molecule has 1 saturated heterocycles. The zero-order valence-corrected chi connectivity index (χ0v) is 8.94. The minimum absolute atomic E-state index is 0.200. The lowest BCUT2D eigenvalue weighted by Gasteiger charge is -2.25. The van der Waals surface area contributed by atoms with E-state index in [0.717, 1.165) is 18.5 Å². The second kappa shape index (κ2) is 4.34. The van der Waals surface area contributed by atoms with Crippen LogP contribution in [-0.2, 0) is 4.79 Å². The molecule has 1 N–H and O–H groups in total. The van der Waals surface area contributed by atoms with Gasteiger partial charge in [-0.2, -0.15) is 0 Å². The second-order valence-corrected chi connectivity index (χ2v) is 3.84. The van der Waals surface area contributed by atoms with Crippen molar-refractivity contribution < 1.29 is 4.79 Å². The minimum Gasteiger partial charge on any atom is -0.296 e. The van der Waals surface area contributed by atoms with E-state index in [9.17, 15) is 4.79 Å². The molecule has 0 bridgehead atoms. The number of carbonyl (C=O) groups is 1. The van der Waals surface area contributed by atoms with Crippen LogP contribution in [0.2, 0.25) is 0 Å². The van der Waals surface area contributed by atoms with Crippen LogP contribution in [0, 0.1) is 0 Å². The third kappa shape index (κ3) is 2.12. The molecule has 1 atom stereocenters. The van der Waals surface area contributed by atoms with E-state index >= 15 is 0 Å². The van der Waals surface area contributed by atoms with E-state index in [1.54, 1.807) is 5.01 Å². The van der Waals surface area contributed by atoms with Gasteiger partial charge >= 0.3 is 0 Å². The Balaban J connectivity index is 2.07. The highest BCUT2D eigenvalue weighted by molar-refractivity contribution is 5.80. The first-order valence-electron chi connectivity index (χ1n) is 5.45. The molecule has 1 heterocycles. The molecule has 1 aromatic rings. The Labute approximate surface area is 90.1 Å². The number of hydrogen-bond acceptors (Lipinski definition) is 2. The lowest BCUT2D eigenvalue weighted by atomic mass is 10.2. The van der Waals surface area contributed by atoms with Crippen LogP contribution in [0.25, 0.3) is 0 Å². The molecule has 1 amide bonds. The third-order valence-corrected chi connectivity index (χ3v) is 2.82. The Kier molecular flexibility index (Phi) is 2.90. The van der Waals surface area contributed by atoms with Gasteiger partial charge in [-0.3, -0.25) is 15.2 Å². The Morgan fingerprint density at radius 2 is 2.13 bits per heavy atom. The number of nitrogens with zero attached hydrogens (tertiary/aromatic N) is 1. The molecular formula is C12H16N2O. The number of anilines is 1. The van der Waals surface area contributed by atoms with E-state index < -0.39 is 0 Å². The first-order chi connectivity index (χ1) is 7.31. The zero-order chi connectivity index (χ0) is 10.7. The van der Waals surface area contributed by atoms with Gasteiger partial charge in [0, 0.05) is 6.42 Å². The number of para-hydroxylation sites is 1. The summed E-state index contributed by atoms with van der Waals surface area (Å²) in [5, 5.41) is 1.77. The predicted octanol–water partition coefficient (Wildman–Crippen LogP) is 2.41. The van der Waals surface area contributed by atoms with E-state index in [1.807, 2.05) is 30.3 Å². The maximum absolute atomic E-state index is 11.6. The number of hydrazine groups is 1. The monoisotopic (exact) mass is 204 g/mol. The summed E-state index contributed by atoms with van der Waals surface area (Å²) in [6.07, 6.45) is 2.64. The lowest BCUT2D eigenvalue weighted by molar-refractivity contribution is -0.127. The molecule has 0 radical (unpaired) electrons. The molecule has 15 heavy (non-hydrogen) atoms. The van der Waals surface area contributed by atoms with Crippen LogP contribution in [0.3, 0.4) is 0 Å². The van der Waals surface area contributed by atoms with Crippen LogP contribution in [0.15, 0.2) is 30.3 Å². The van der Waals surface area contributed by atoms with Crippen molar-refractivity contribution >= 4 is 11.6 Å². The Hall–Kier alpha value is -1.51. The van der Waals surface area contributed by atoms with Crippen LogP contribution in [0.1, 0.15) is 26.2 Å². The summed E-state index contributed by atoms with van der Waals surface area (Å²) in [5.41, 5.74) is 4.15. The van der Waals surface area contributed by atoms with Crippen molar-refractivity contribution in [2.24, 2.45) is 0 Å². The zero-order valence-electron chi connectivity index (χ0n) is 8.94. The third-order valence-electron chi connectivity index (χ3n) is 2.82. The van der Waals surface area contributed by atoms with Gasteiger partial charge in [-0.25, -0.2) is 0 Å². The van der Waals surface area contributed by atoms with Crippen molar-refractivity contribution in [3.05, 3.63) is 30.3 Å². The number of benzene rings is 1. The molecule has 0 aliphatic carbocycles. The Morgan fingerprint density at radius 3 is 2.80 bits per heavy atom. The maximum atomic E-state index is 11.6. The van der Waals surface area contributed by atoms with Gasteiger partial charge in [0.1, 0.15) is 0 Å². The standard InChI is InChI=1S/C12H16N2O/c1-2-11-8-9-12(15)14(11)13-10-6-4-3-5-7-10/h3-7,11,13H,2,8-9H2,1H3. The summed E-state index contributed by atoms with van der Waals surface area (Å²) in [6.45, 7) is 2.11. The molecule has 1 aliphatic heterocycles. The Morgan fingerprint density at radius 1 is 1.40 bits per heavy atom. The van der Waals surface area contributed by atoms with E-state index in [-0.39, 0.29) is 5.91 Å². The highest BCUT2D eigenvalue weighted by Crippen LogP contribution is 2.22. The van der Waals surface area contributed by atoms with Gasteiger partial charge in [0.2, 0.25) is 5.91 Å². The smallest absolute Gasteiger partial charge is 0.241 e. The number of hydrogen-bond donors (Lipinski definition) is 1. The highest BCUT2D eigenvalue weighted by atomic mass is 16.2. The average Bonchev–Trinajstić information content (AvgIpc) is 2.62. The SMILES string of the molecule is CCC1CCC(=O)N1Nc1ccccc1. The molecule has 3 nitrogen and oxygen atoms in total. The summed E-state index contributed by atoms with van der Waals surface area (Å²) in [6, 6.07) is 10.2. The summed E-state index contributed by atoms with van der Waals surface area (Å²) in [5.74, 6) is 0.200. The molecule has 2 rings (SSSR count). The van der Waals surface area contributed by atoms with Crippen molar-refractivity contribution in [3.8, 4) is 0 Å². The van der Waals surface area contributed by atoms with Gasteiger partial charge < -0.3 is 0 Å². The highest BCUT2D eigenvalue weighted by Gasteiger charge is 2.29. The normalized spacial score (nSPS) is 20.7. The molecule has 1 unspecified atom stereocenters. The largest absolute Gasteiger partial charge is 0.296 e. The van der Waals surface area contributed by atoms with Crippen molar-refractivity contribution in [1.82, 2.24) is 5.01 Å². The molecule has 3 heteroatoms. The molecular weight excluding hydrogens is 188 g/mol. The van der Waals surface area contributed by atoms with Gasteiger partial charge in [0.25, 0.3) is 0 Å². The van der Waals surface area contributed by atoms with Crippen LogP contribution in [0.5, 0.6) is 0 Å². The molecule has 0 aromatic heterocycles. The van der Waals surface area contributed by atoms with E-state index in [4.69, 9.17) is 0 Å². The first-order valence-corrected chi connectivity index (χ1v) is 5.45. The van der Waals surface area contributed by atoms with Crippen molar-refractivity contribution in [3.63, 3.8) is 0 Å². The number of amides is 1. The summed E-state index contributed by atoms with van der Waals surface area (Å²) < 4.78 is 0. The molecule has 1 fully saturated rings. The van der Waals surface area contributed by atoms with Gasteiger partial charge in [-0.15, -0.1) is 0 Å². The Bertz CT molecular complexity index is 337. The van der Waals surface area contributed by atoms with Crippen LogP contribution in [-0.4, -0.2) is 17.0 Å². The summed E-state index contributed by atoms with van der Waals surface area (Å²) >= 11 is 0. The average molecular weight is 204 g/mol. The topological polar surface area (TPSA) is 32.3 Å². The van der Waals surface area contributed by atoms with E-state index in [1.165, 1.54) is 0 Å². The fourth-order valence-corrected chi connectivity index (χ4v) is 1.94. The van der Waals surface area contributed by atoms with Gasteiger partial charge in [-0.1, -0.05) is 25.1 Å². The van der Waals surface area contributed by atoms with Crippen LogP contribution >= 0.6 is 0 Å². The molecule has 80 valence electrons. The van der Waals surface area contributed by atoms with Crippen molar-refractivity contribution in [2.45, 2.75) is 32.2 Å². The van der Waals surface area contributed by atoms with Crippen molar-refractivity contribution in [2.75, 3.05) is 5.43 Å². The molecule has 0 saturated carbocycles. The number of carbonyl (C=O) groups excluding carboxylic acids is 1. The van der Waals surface area contributed by atoms with Crippen molar-refractivity contribution in [1.29, 1.82) is 0 Å². The number of rotatable bonds is 3. The first kappa shape index (κ1) is 10.0. The van der Waals surface area contributed by atoms with Gasteiger partial charge in [0.05, 0.1) is 11.7 Å². The van der Waals surface area contributed by atoms with Gasteiger partial charge in [-0.05, 0) is 25.0 Å². The maximum Gasteiger partial charge on any atom is 0.241 e. The fraction of sp³-hybridized carbons (Fsp3) is 0.417. The lowest BCUT2D eigenvalue weighted by Crippen LogP contribution is -2.37. The van der Waals surface area contributed by atoms with Gasteiger partial charge in [0.15, 0.2) is 0 Å². The van der Waals surface area contributed by atoms with Crippen LogP contribution < -0.4 is 5.43 Å². The second-order valence-electron chi connectivity index (χ2n) is 3.84. The van der Waals surface area contributed by atoms with Crippen LogP contribution in [0.4, 0.5) is 5.69 Å². The quantitative estimate of drug-likeness (QED) is 0.820. The molecule has 1 aromatic carbocycles. The summed E-state index contributed by atoms with van der Waals surface area (Å²) in [7, 11) is 0. The minimum atomic E-state index is 0.200. The van der Waals surface area contributed by atoms with E-state index in [2.05, 4.69) is 12.3 Å². The molecule has 0 spiro atoms.